The van der Waals surface area contributed by atoms with Gasteiger partial charge in [-0.1, -0.05) is 15.9 Å². The van der Waals surface area contributed by atoms with E-state index >= 15 is 0 Å². The minimum absolute atomic E-state index is 0.427. The standard InChI is InChI=1S/C13H20BrN3/c1-10(9-17-6-2-3-7-17)16-13-5-4-11(14)8-12(13)15/h4-5,8,10,16H,2-3,6-7,9,15H2,1H3. The molecule has 94 valence electrons. The van der Waals surface area contributed by atoms with Crippen LogP contribution < -0.4 is 11.1 Å². The number of halogens is 1. The summed E-state index contributed by atoms with van der Waals surface area (Å²) in [5.74, 6) is 0. The molecule has 0 radical (unpaired) electrons. The first-order valence-electron chi connectivity index (χ1n) is 6.19. The molecule has 1 aromatic rings. The number of nitrogens with two attached hydrogens (primary N) is 1. The summed E-state index contributed by atoms with van der Waals surface area (Å²) in [5, 5.41) is 3.48. The van der Waals surface area contributed by atoms with Gasteiger partial charge in [0, 0.05) is 17.1 Å². The monoisotopic (exact) mass is 297 g/mol. The number of hydrogen-bond acceptors (Lipinski definition) is 3. The highest BCUT2D eigenvalue weighted by Crippen LogP contribution is 2.23. The number of nitrogen functional groups attached to an aromatic ring is 1. The van der Waals surface area contributed by atoms with Crippen LogP contribution in [0.4, 0.5) is 11.4 Å². The Labute approximate surface area is 111 Å². The van der Waals surface area contributed by atoms with Gasteiger partial charge in [0.25, 0.3) is 0 Å². The molecule has 0 bridgehead atoms. The predicted octanol–water partition coefficient (Wildman–Crippen LogP) is 2.93. The average Bonchev–Trinajstić information content (AvgIpc) is 2.75. The Morgan fingerprint density at radius 2 is 2.12 bits per heavy atom. The van der Waals surface area contributed by atoms with Crippen LogP contribution in [0.15, 0.2) is 22.7 Å². The fraction of sp³-hybridized carbons (Fsp3) is 0.538. The lowest BCUT2D eigenvalue weighted by Crippen LogP contribution is -2.33. The summed E-state index contributed by atoms with van der Waals surface area (Å²) in [6.07, 6.45) is 2.68. The molecule has 1 saturated heterocycles. The molecule has 1 aliphatic rings. The maximum Gasteiger partial charge on any atom is 0.0577 e. The number of benzene rings is 1. The van der Waals surface area contributed by atoms with Crippen LogP contribution in [0.2, 0.25) is 0 Å². The molecule has 1 aromatic carbocycles. The van der Waals surface area contributed by atoms with Crippen molar-refractivity contribution < 1.29 is 0 Å². The van der Waals surface area contributed by atoms with Gasteiger partial charge in [-0.2, -0.15) is 0 Å². The van der Waals surface area contributed by atoms with E-state index in [0.717, 1.165) is 22.4 Å². The quantitative estimate of drug-likeness (QED) is 0.840. The first-order chi connectivity index (χ1) is 8.15. The Kier molecular flexibility index (Phi) is 4.29. The van der Waals surface area contributed by atoms with Crippen LogP contribution >= 0.6 is 15.9 Å². The molecule has 0 spiro atoms. The van der Waals surface area contributed by atoms with E-state index in [1.165, 1.54) is 25.9 Å². The largest absolute Gasteiger partial charge is 0.397 e. The highest BCUT2D eigenvalue weighted by molar-refractivity contribution is 9.10. The summed E-state index contributed by atoms with van der Waals surface area (Å²) in [6.45, 7) is 5.78. The normalized spacial score (nSPS) is 18.2. The molecule has 2 rings (SSSR count). The van der Waals surface area contributed by atoms with Crippen molar-refractivity contribution in [3.8, 4) is 0 Å². The average molecular weight is 298 g/mol. The maximum atomic E-state index is 5.97. The van der Waals surface area contributed by atoms with Crippen molar-refractivity contribution in [1.82, 2.24) is 4.90 Å². The van der Waals surface area contributed by atoms with Crippen LogP contribution in [0.25, 0.3) is 0 Å². The van der Waals surface area contributed by atoms with E-state index in [0.29, 0.717) is 6.04 Å². The Balaban J connectivity index is 1.90. The molecule has 1 unspecified atom stereocenters. The van der Waals surface area contributed by atoms with E-state index in [1.807, 2.05) is 18.2 Å². The van der Waals surface area contributed by atoms with Crippen LogP contribution in [0, 0.1) is 0 Å². The zero-order chi connectivity index (χ0) is 12.3. The van der Waals surface area contributed by atoms with Crippen molar-refractivity contribution in [3.05, 3.63) is 22.7 Å². The molecular formula is C13H20BrN3. The molecule has 1 fully saturated rings. The zero-order valence-corrected chi connectivity index (χ0v) is 11.8. The lowest BCUT2D eigenvalue weighted by Gasteiger charge is -2.22. The summed E-state index contributed by atoms with van der Waals surface area (Å²) in [6, 6.07) is 6.41. The summed E-state index contributed by atoms with van der Waals surface area (Å²) in [5.41, 5.74) is 7.80. The minimum atomic E-state index is 0.427. The Bertz CT molecular complexity index is 375. The minimum Gasteiger partial charge on any atom is -0.397 e. The third-order valence-corrected chi connectivity index (χ3v) is 3.64. The summed E-state index contributed by atoms with van der Waals surface area (Å²) < 4.78 is 1.02. The van der Waals surface area contributed by atoms with Crippen molar-refractivity contribution >= 4 is 27.3 Å². The van der Waals surface area contributed by atoms with Crippen LogP contribution in [-0.2, 0) is 0 Å². The number of nitrogens with one attached hydrogen (secondary N) is 1. The Hall–Kier alpha value is -0.740. The van der Waals surface area contributed by atoms with Gasteiger partial charge < -0.3 is 16.0 Å². The van der Waals surface area contributed by atoms with Crippen LogP contribution in [0.5, 0.6) is 0 Å². The van der Waals surface area contributed by atoms with E-state index in [1.54, 1.807) is 0 Å². The maximum absolute atomic E-state index is 5.97. The SMILES string of the molecule is CC(CN1CCCC1)Nc1ccc(Br)cc1N. The van der Waals surface area contributed by atoms with Crippen molar-refractivity contribution in [2.75, 3.05) is 30.7 Å². The lowest BCUT2D eigenvalue weighted by molar-refractivity contribution is 0.328. The smallest absolute Gasteiger partial charge is 0.0577 e. The van der Waals surface area contributed by atoms with Crippen molar-refractivity contribution in [1.29, 1.82) is 0 Å². The molecule has 1 atom stereocenters. The summed E-state index contributed by atoms with van der Waals surface area (Å²) in [7, 11) is 0. The molecule has 0 amide bonds. The second-order valence-electron chi connectivity index (χ2n) is 4.78. The molecule has 17 heavy (non-hydrogen) atoms. The molecule has 3 N–H and O–H groups in total. The number of rotatable bonds is 4. The fourth-order valence-corrected chi connectivity index (χ4v) is 2.71. The summed E-state index contributed by atoms with van der Waals surface area (Å²) in [4.78, 5) is 2.51. The first-order valence-corrected chi connectivity index (χ1v) is 6.98. The van der Waals surface area contributed by atoms with Gasteiger partial charge in [0.1, 0.15) is 0 Å². The lowest BCUT2D eigenvalue weighted by atomic mass is 10.2. The van der Waals surface area contributed by atoms with Crippen LogP contribution in [0.1, 0.15) is 19.8 Å². The number of hydrogen-bond donors (Lipinski definition) is 2. The molecule has 1 aliphatic heterocycles. The summed E-state index contributed by atoms with van der Waals surface area (Å²) >= 11 is 3.42. The van der Waals surface area contributed by atoms with Crippen LogP contribution in [0.3, 0.4) is 0 Å². The van der Waals surface area contributed by atoms with Gasteiger partial charge in [0.15, 0.2) is 0 Å². The number of nitrogens with zero attached hydrogens (tertiary/aromatic N) is 1. The van der Waals surface area contributed by atoms with Crippen molar-refractivity contribution in [2.24, 2.45) is 0 Å². The number of likely N-dealkylation sites (tertiary alicyclic amines) is 1. The molecule has 0 aromatic heterocycles. The van der Waals surface area contributed by atoms with Gasteiger partial charge in [0.05, 0.1) is 11.4 Å². The highest BCUT2D eigenvalue weighted by Gasteiger charge is 2.14. The van der Waals surface area contributed by atoms with Gasteiger partial charge in [-0.3, -0.25) is 0 Å². The van der Waals surface area contributed by atoms with E-state index in [-0.39, 0.29) is 0 Å². The molecule has 4 heteroatoms. The molecule has 0 aliphatic carbocycles. The number of anilines is 2. The van der Waals surface area contributed by atoms with Crippen LogP contribution in [-0.4, -0.2) is 30.6 Å². The van der Waals surface area contributed by atoms with E-state index in [9.17, 15) is 0 Å². The van der Waals surface area contributed by atoms with Gasteiger partial charge in [-0.25, -0.2) is 0 Å². The zero-order valence-electron chi connectivity index (χ0n) is 10.2. The van der Waals surface area contributed by atoms with Gasteiger partial charge in [0.2, 0.25) is 0 Å². The molecule has 0 saturated carbocycles. The molecule has 3 nitrogen and oxygen atoms in total. The third-order valence-electron chi connectivity index (χ3n) is 3.15. The van der Waals surface area contributed by atoms with E-state index < -0.39 is 0 Å². The molecular weight excluding hydrogens is 278 g/mol. The highest BCUT2D eigenvalue weighted by atomic mass is 79.9. The van der Waals surface area contributed by atoms with Crippen molar-refractivity contribution in [2.45, 2.75) is 25.8 Å². The fourth-order valence-electron chi connectivity index (χ4n) is 2.33. The van der Waals surface area contributed by atoms with Gasteiger partial charge in [-0.05, 0) is 51.1 Å². The molecule has 1 heterocycles. The van der Waals surface area contributed by atoms with Gasteiger partial charge >= 0.3 is 0 Å². The van der Waals surface area contributed by atoms with Crippen molar-refractivity contribution in [3.63, 3.8) is 0 Å². The Morgan fingerprint density at radius 3 is 2.76 bits per heavy atom. The second kappa shape index (κ2) is 5.74. The van der Waals surface area contributed by atoms with E-state index in [4.69, 9.17) is 5.73 Å². The Morgan fingerprint density at radius 1 is 1.41 bits per heavy atom. The van der Waals surface area contributed by atoms with Gasteiger partial charge in [-0.15, -0.1) is 0 Å². The topological polar surface area (TPSA) is 41.3 Å². The van der Waals surface area contributed by atoms with E-state index in [2.05, 4.69) is 33.1 Å². The third kappa shape index (κ3) is 3.61. The predicted molar refractivity (Wildman–Crippen MR) is 77.3 cm³/mol. The first kappa shape index (κ1) is 12.7. The second-order valence-corrected chi connectivity index (χ2v) is 5.70.